The van der Waals surface area contributed by atoms with Crippen LogP contribution >= 0.6 is 11.3 Å². The third-order valence-electron chi connectivity index (χ3n) is 1.60. The van der Waals surface area contributed by atoms with E-state index in [2.05, 4.69) is 9.82 Å². The monoisotopic (exact) mass is 262 g/mol. The molecule has 7 nitrogen and oxygen atoms in total. The second kappa shape index (κ2) is 7.55. The quantitative estimate of drug-likeness (QED) is 0.642. The molecule has 0 saturated carbocycles. The fraction of sp³-hybridized carbons (Fsp3) is 0.556. The van der Waals surface area contributed by atoms with Crippen LogP contribution in [0, 0.1) is 17.0 Å². The zero-order valence-electron chi connectivity index (χ0n) is 9.80. The number of rotatable bonds is 5. The van der Waals surface area contributed by atoms with E-state index in [-0.39, 0.29) is 18.0 Å². The van der Waals surface area contributed by atoms with Gasteiger partial charge < -0.3 is 9.94 Å². The zero-order valence-corrected chi connectivity index (χ0v) is 10.6. The lowest BCUT2D eigenvalue weighted by Gasteiger charge is -1.96. The summed E-state index contributed by atoms with van der Waals surface area (Å²) in [6, 6.07) is 0. The van der Waals surface area contributed by atoms with Gasteiger partial charge in [-0.1, -0.05) is 13.8 Å². The molecule has 0 bridgehead atoms. The highest BCUT2D eigenvalue weighted by Gasteiger charge is 2.13. The van der Waals surface area contributed by atoms with Crippen LogP contribution in [0.2, 0.25) is 0 Å². The van der Waals surface area contributed by atoms with E-state index in [9.17, 15) is 14.9 Å². The average Bonchev–Trinajstić information content (AvgIpc) is 2.63. The van der Waals surface area contributed by atoms with Gasteiger partial charge in [0.05, 0.1) is 5.69 Å². The molecule has 8 heteroatoms. The summed E-state index contributed by atoms with van der Waals surface area (Å²) in [5.74, 6) is -1.09. The average molecular weight is 262 g/mol. The summed E-state index contributed by atoms with van der Waals surface area (Å²) in [4.78, 5) is 29.0. The van der Waals surface area contributed by atoms with Gasteiger partial charge in [-0.3, -0.25) is 0 Å². The van der Waals surface area contributed by atoms with Crippen molar-refractivity contribution in [1.29, 1.82) is 0 Å². The van der Waals surface area contributed by atoms with Crippen molar-refractivity contribution in [3.05, 3.63) is 25.7 Å². The van der Waals surface area contributed by atoms with Crippen molar-refractivity contribution in [2.24, 2.45) is 0 Å². The highest BCUT2D eigenvalue weighted by Crippen LogP contribution is 2.18. The first-order chi connectivity index (χ1) is 8.00. The van der Waals surface area contributed by atoms with Crippen LogP contribution in [0.4, 0.5) is 0 Å². The lowest BCUT2D eigenvalue weighted by Crippen LogP contribution is -2.04. The Bertz CT molecular complexity index is 391. The molecule has 1 rings (SSSR count). The maximum atomic E-state index is 10.6. The molecule has 0 radical (unpaired) electrons. The number of hydrogen-bond acceptors (Lipinski definition) is 6. The van der Waals surface area contributed by atoms with E-state index < -0.39 is 11.1 Å². The minimum Gasteiger partial charge on any atom is -0.476 e. The van der Waals surface area contributed by atoms with Crippen LogP contribution < -0.4 is 0 Å². The highest BCUT2D eigenvalue weighted by molar-refractivity contribution is 7.13. The molecular weight excluding hydrogens is 248 g/mol. The van der Waals surface area contributed by atoms with Crippen molar-refractivity contribution < 1.29 is 19.8 Å². The second-order valence-electron chi connectivity index (χ2n) is 2.64. The number of aryl methyl sites for hydroxylation is 1. The number of carboxylic acid groups (broad SMARTS) is 1. The van der Waals surface area contributed by atoms with Gasteiger partial charge in [0, 0.05) is 11.3 Å². The fourth-order valence-corrected chi connectivity index (χ4v) is 1.85. The fourth-order valence-electron chi connectivity index (χ4n) is 0.964. The van der Waals surface area contributed by atoms with Crippen molar-refractivity contribution in [2.75, 3.05) is 6.61 Å². The van der Waals surface area contributed by atoms with Crippen LogP contribution in [0.5, 0.6) is 0 Å². The van der Waals surface area contributed by atoms with Crippen molar-refractivity contribution in [2.45, 2.75) is 27.2 Å². The van der Waals surface area contributed by atoms with E-state index in [1.54, 1.807) is 6.92 Å². The summed E-state index contributed by atoms with van der Waals surface area (Å²) >= 11 is 1.01. The van der Waals surface area contributed by atoms with E-state index in [4.69, 9.17) is 5.11 Å². The molecule has 0 aromatic carbocycles. The minimum atomic E-state index is -1.09. The van der Waals surface area contributed by atoms with Gasteiger partial charge in [0.1, 0.15) is 6.61 Å². The summed E-state index contributed by atoms with van der Waals surface area (Å²) in [5, 5.41) is 17.6. The Balaban J connectivity index is 0.00000121. The predicted octanol–water partition coefficient (Wildman–Crippen LogP) is 1.93. The molecule has 0 atom stereocenters. The lowest BCUT2D eigenvalue weighted by molar-refractivity contribution is -0.757. The van der Waals surface area contributed by atoms with Crippen LogP contribution in [-0.4, -0.2) is 27.8 Å². The van der Waals surface area contributed by atoms with Gasteiger partial charge in [-0.2, -0.15) is 0 Å². The Morgan fingerprint density at radius 3 is 2.59 bits per heavy atom. The van der Waals surface area contributed by atoms with E-state index in [0.29, 0.717) is 10.6 Å². The van der Waals surface area contributed by atoms with E-state index in [1.165, 1.54) is 0 Å². The third-order valence-corrected chi connectivity index (χ3v) is 2.81. The van der Waals surface area contributed by atoms with Gasteiger partial charge in [-0.05, 0) is 6.92 Å². The van der Waals surface area contributed by atoms with Crippen LogP contribution in [0.1, 0.15) is 34.2 Å². The number of aromatic carboxylic acids is 1. The molecule has 0 aliphatic carbocycles. The normalized spacial score (nSPS) is 9.12. The third kappa shape index (κ3) is 5.25. The van der Waals surface area contributed by atoms with Gasteiger partial charge in [-0.25, -0.2) is 9.78 Å². The molecule has 1 N–H and O–H groups in total. The smallest absolute Gasteiger partial charge is 0.365 e. The standard InChI is InChI=1S/C7H8N2O5S.C2H6/c1-4-5(2-3-14-9(12)13)15-6(8-4)7(10)11;1-2/h2-3H2,1H3,(H,10,11);1-2H3. The lowest BCUT2D eigenvalue weighted by atomic mass is 10.3. The number of aromatic nitrogens is 1. The summed E-state index contributed by atoms with van der Waals surface area (Å²) in [5.41, 5.74) is 0.573. The maximum absolute atomic E-state index is 10.6. The number of thiazole rings is 1. The summed E-state index contributed by atoms with van der Waals surface area (Å²) in [7, 11) is 0. The predicted molar refractivity (Wildman–Crippen MR) is 61.8 cm³/mol. The molecule has 1 heterocycles. The topological polar surface area (TPSA) is 103 Å². The molecule has 0 aliphatic heterocycles. The molecule has 17 heavy (non-hydrogen) atoms. The number of carboxylic acids is 1. The summed E-state index contributed by atoms with van der Waals surface area (Å²) in [6.07, 6.45) is 0.289. The first-order valence-corrected chi connectivity index (χ1v) is 5.79. The number of carbonyl (C=O) groups is 1. The number of nitrogens with zero attached hydrogens (tertiary/aromatic N) is 2. The first-order valence-electron chi connectivity index (χ1n) is 4.97. The SMILES string of the molecule is CC.Cc1nc(C(=O)O)sc1CCO[N+](=O)[O-]. The Morgan fingerprint density at radius 2 is 2.18 bits per heavy atom. The number of hydrogen-bond donors (Lipinski definition) is 1. The molecule has 96 valence electrons. The maximum Gasteiger partial charge on any atom is 0.365 e. The van der Waals surface area contributed by atoms with Crippen molar-refractivity contribution in [3.8, 4) is 0 Å². The highest BCUT2D eigenvalue weighted by atomic mass is 32.1. The van der Waals surface area contributed by atoms with Gasteiger partial charge in [0.25, 0.3) is 5.09 Å². The van der Waals surface area contributed by atoms with E-state index in [1.807, 2.05) is 13.8 Å². The Kier molecular flexibility index (Phi) is 6.80. The Morgan fingerprint density at radius 1 is 1.59 bits per heavy atom. The van der Waals surface area contributed by atoms with Gasteiger partial charge >= 0.3 is 5.97 Å². The molecule has 1 aromatic heterocycles. The van der Waals surface area contributed by atoms with Gasteiger partial charge in [0.15, 0.2) is 0 Å². The van der Waals surface area contributed by atoms with Gasteiger partial charge in [-0.15, -0.1) is 21.5 Å². The van der Waals surface area contributed by atoms with Crippen LogP contribution in [0.15, 0.2) is 0 Å². The van der Waals surface area contributed by atoms with Crippen molar-refractivity contribution >= 4 is 17.3 Å². The van der Waals surface area contributed by atoms with Crippen molar-refractivity contribution in [1.82, 2.24) is 4.98 Å². The van der Waals surface area contributed by atoms with E-state index >= 15 is 0 Å². The molecular formula is C9H14N2O5S. The zero-order chi connectivity index (χ0) is 13.4. The van der Waals surface area contributed by atoms with E-state index in [0.717, 1.165) is 11.3 Å². The molecule has 0 unspecified atom stereocenters. The minimum absolute atomic E-state index is 0.0106. The second-order valence-corrected chi connectivity index (χ2v) is 3.72. The van der Waals surface area contributed by atoms with Gasteiger partial charge in [0.2, 0.25) is 5.01 Å². The Hall–Kier alpha value is -1.70. The van der Waals surface area contributed by atoms with Crippen molar-refractivity contribution in [3.63, 3.8) is 0 Å². The molecule has 0 spiro atoms. The largest absolute Gasteiger partial charge is 0.476 e. The summed E-state index contributed by atoms with van der Waals surface area (Å²) < 4.78 is 0. The Labute approximate surface area is 102 Å². The summed E-state index contributed by atoms with van der Waals surface area (Å²) in [6.45, 7) is 5.57. The van der Waals surface area contributed by atoms with Crippen LogP contribution in [-0.2, 0) is 11.3 Å². The molecule has 0 fully saturated rings. The van der Waals surface area contributed by atoms with Crippen LogP contribution in [0.3, 0.4) is 0 Å². The molecule has 0 amide bonds. The first kappa shape index (κ1) is 15.3. The van der Waals surface area contributed by atoms with Crippen LogP contribution in [0.25, 0.3) is 0 Å². The molecule has 1 aromatic rings. The molecule has 0 aliphatic rings. The molecule has 0 saturated heterocycles.